The summed E-state index contributed by atoms with van der Waals surface area (Å²) < 4.78 is 13.0. The SMILES string of the molecule is NCCC(=O)c1c(Br)cc(F)c(O)c1O. The third kappa shape index (κ3) is 2.27. The van der Waals surface area contributed by atoms with E-state index in [1.165, 1.54) is 0 Å². The van der Waals surface area contributed by atoms with Gasteiger partial charge in [0.05, 0.1) is 5.56 Å². The van der Waals surface area contributed by atoms with Gasteiger partial charge < -0.3 is 15.9 Å². The van der Waals surface area contributed by atoms with Crippen LogP contribution in [-0.2, 0) is 0 Å². The molecule has 1 aromatic rings. The number of benzene rings is 1. The van der Waals surface area contributed by atoms with Crippen molar-refractivity contribution in [1.29, 1.82) is 0 Å². The fraction of sp³-hybridized carbons (Fsp3) is 0.222. The molecule has 0 saturated heterocycles. The Morgan fingerprint density at radius 3 is 2.60 bits per heavy atom. The molecule has 15 heavy (non-hydrogen) atoms. The highest BCUT2D eigenvalue weighted by Crippen LogP contribution is 2.37. The number of hydrogen-bond donors (Lipinski definition) is 3. The average molecular weight is 278 g/mol. The summed E-state index contributed by atoms with van der Waals surface area (Å²) >= 11 is 2.93. The number of halogens is 2. The Balaban J connectivity index is 3.29. The number of Topliss-reactive ketones (excluding diaryl/α,β-unsaturated/α-hetero) is 1. The smallest absolute Gasteiger partial charge is 0.194 e. The summed E-state index contributed by atoms with van der Waals surface area (Å²) in [5.41, 5.74) is 5.03. The molecule has 6 heteroatoms. The highest BCUT2D eigenvalue weighted by atomic mass is 79.9. The van der Waals surface area contributed by atoms with Gasteiger partial charge in [0.15, 0.2) is 23.1 Å². The minimum atomic E-state index is -0.997. The lowest BCUT2D eigenvalue weighted by molar-refractivity contribution is 0.0981. The molecule has 82 valence electrons. The second-order valence-corrected chi connectivity index (χ2v) is 3.73. The van der Waals surface area contributed by atoms with Gasteiger partial charge in [-0.1, -0.05) is 0 Å². The Labute approximate surface area is 93.6 Å². The summed E-state index contributed by atoms with van der Waals surface area (Å²) in [5, 5.41) is 18.5. The normalized spacial score (nSPS) is 10.3. The lowest BCUT2D eigenvalue weighted by atomic mass is 10.1. The first-order chi connectivity index (χ1) is 6.99. The molecule has 0 aromatic heterocycles. The van der Waals surface area contributed by atoms with Gasteiger partial charge in [-0.05, 0) is 28.5 Å². The van der Waals surface area contributed by atoms with E-state index in [0.29, 0.717) is 0 Å². The predicted octanol–water partition coefficient (Wildman–Crippen LogP) is 1.53. The minimum Gasteiger partial charge on any atom is -0.504 e. The molecule has 0 heterocycles. The van der Waals surface area contributed by atoms with E-state index in [2.05, 4.69) is 15.9 Å². The van der Waals surface area contributed by atoms with Crippen molar-refractivity contribution in [2.45, 2.75) is 6.42 Å². The predicted molar refractivity (Wildman–Crippen MR) is 55.4 cm³/mol. The van der Waals surface area contributed by atoms with Gasteiger partial charge in [0, 0.05) is 10.9 Å². The van der Waals surface area contributed by atoms with Crippen molar-refractivity contribution in [2.75, 3.05) is 6.54 Å². The molecule has 1 rings (SSSR count). The van der Waals surface area contributed by atoms with Crippen LogP contribution in [0.4, 0.5) is 4.39 Å². The van der Waals surface area contributed by atoms with Crippen molar-refractivity contribution in [2.24, 2.45) is 5.73 Å². The molecular weight excluding hydrogens is 269 g/mol. The van der Waals surface area contributed by atoms with Gasteiger partial charge in [0.1, 0.15) is 0 Å². The van der Waals surface area contributed by atoms with Gasteiger partial charge in [0.2, 0.25) is 0 Å². The molecule has 4 nitrogen and oxygen atoms in total. The number of hydrogen-bond acceptors (Lipinski definition) is 4. The Hall–Kier alpha value is -1.14. The molecule has 0 atom stereocenters. The Kier molecular flexibility index (Phi) is 3.65. The van der Waals surface area contributed by atoms with Crippen LogP contribution in [0.2, 0.25) is 0 Å². The van der Waals surface area contributed by atoms with Crippen molar-refractivity contribution >= 4 is 21.7 Å². The molecule has 0 unspecified atom stereocenters. The number of phenolic OH excluding ortho intramolecular Hbond substituents is 2. The van der Waals surface area contributed by atoms with E-state index >= 15 is 0 Å². The molecule has 1 aromatic carbocycles. The molecule has 0 aliphatic rings. The molecule has 0 aliphatic heterocycles. The van der Waals surface area contributed by atoms with Gasteiger partial charge in [-0.3, -0.25) is 4.79 Å². The van der Waals surface area contributed by atoms with E-state index in [9.17, 15) is 14.3 Å². The zero-order valence-corrected chi connectivity index (χ0v) is 9.21. The van der Waals surface area contributed by atoms with Crippen molar-refractivity contribution in [3.8, 4) is 11.5 Å². The maximum atomic E-state index is 12.9. The fourth-order valence-electron chi connectivity index (χ4n) is 1.12. The fourth-order valence-corrected chi connectivity index (χ4v) is 1.73. The largest absolute Gasteiger partial charge is 0.504 e. The summed E-state index contributed by atoms with van der Waals surface area (Å²) in [6, 6.07) is 0.915. The number of aromatic hydroxyl groups is 2. The van der Waals surface area contributed by atoms with Crippen LogP contribution in [0.5, 0.6) is 11.5 Å². The molecular formula is C9H9BrFNO3. The van der Waals surface area contributed by atoms with Gasteiger partial charge in [-0.2, -0.15) is 0 Å². The van der Waals surface area contributed by atoms with E-state index in [1.807, 2.05) is 0 Å². The number of phenols is 2. The topological polar surface area (TPSA) is 83.6 Å². The quantitative estimate of drug-likeness (QED) is 0.578. The number of carbonyl (C=O) groups is 1. The number of nitrogens with two attached hydrogens (primary N) is 1. The van der Waals surface area contributed by atoms with Crippen LogP contribution in [0, 0.1) is 5.82 Å². The first-order valence-electron chi connectivity index (χ1n) is 4.12. The third-order valence-corrected chi connectivity index (χ3v) is 2.46. The highest BCUT2D eigenvalue weighted by Gasteiger charge is 2.20. The van der Waals surface area contributed by atoms with Gasteiger partial charge in [-0.25, -0.2) is 4.39 Å². The van der Waals surface area contributed by atoms with Crippen LogP contribution in [0.3, 0.4) is 0 Å². The van der Waals surface area contributed by atoms with E-state index in [0.717, 1.165) is 6.07 Å². The monoisotopic (exact) mass is 277 g/mol. The number of carbonyl (C=O) groups excluding carboxylic acids is 1. The van der Waals surface area contributed by atoms with Crippen molar-refractivity contribution < 1.29 is 19.4 Å². The minimum absolute atomic E-state index is 0.0111. The molecule has 0 bridgehead atoms. The van der Waals surface area contributed by atoms with Crippen molar-refractivity contribution in [3.05, 3.63) is 21.9 Å². The first-order valence-corrected chi connectivity index (χ1v) is 4.91. The van der Waals surface area contributed by atoms with E-state index in [-0.39, 0.29) is 23.0 Å². The zero-order valence-electron chi connectivity index (χ0n) is 7.63. The summed E-state index contributed by atoms with van der Waals surface area (Å²) in [6.45, 7) is 0.114. The molecule has 0 saturated carbocycles. The summed E-state index contributed by atoms with van der Waals surface area (Å²) in [5.74, 6) is -3.15. The molecule has 0 spiro atoms. The summed E-state index contributed by atoms with van der Waals surface area (Å²) in [7, 11) is 0. The Morgan fingerprint density at radius 1 is 1.47 bits per heavy atom. The second kappa shape index (κ2) is 4.59. The lowest BCUT2D eigenvalue weighted by Crippen LogP contribution is -2.09. The van der Waals surface area contributed by atoms with Crippen LogP contribution in [0.1, 0.15) is 16.8 Å². The van der Waals surface area contributed by atoms with E-state index in [4.69, 9.17) is 10.8 Å². The third-order valence-electron chi connectivity index (χ3n) is 1.83. The maximum absolute atomic E-state index is 12.9. The number of rotatable bonds is 3. The second-order valence-electron chi connectivity index (χ2n) is 2.87. The van der Waals surface area contributed by atoms with Crippen LogP contribution in [0.25, 0.3) is 0 Å². The summed E-state index contributed by atoms with van der Waals surface area (Å²) in [4.78, 5) is 11.4. The van der Waals surface area contributed by atoms with Crippen LogP contribution < -0.4 is 5.73 Å². The van der Waals surface area contributed by atoms with Crippen LogP contribution >= 0.6 is 15.9 Å². The first kappa shape index (κ1) is 11.9. The molecule has 0 aliphatic carbocycles. The average Bonchev–Trinajstić information content (AvgIpc) is 2.15. The molecule has 4 N–H and O–H groups in total. The Bertz CT molecular complexity index is 409. The van der Waals surface area contributed by atoms with Crippen LogP contribution in [0.15, 0.2) is 10.5 Å². The molecule has 0 amide bonds. The lowest BCUT2D eigenvalue weighted by Gasteiger charge is -2.08. The van der Waals surface area contributed by atoms with Crippen LogP contribution in [-0.4, -0.2) is 22.5 Å². The zero-order chi connectivity index (χ0) is 11.6. The summed E-state index contributed by atoms with van der Waals surface area (Å²) in [6.07, 6.45) is 0.0111. The van der Waals surface area contributed by atoms with Crippen molar-refractivity contribution in [1.82, 2.24) is 0 Å². The van der Waals surface area contributed by atoms with Crippen molar-refractivity contribution in [3.63, 3.8) is 0 Å². The molecule has 0 fully saturated rings. The van der Waals surface area contributed by atoms with E-state index in [1.54, 1.807) is 0 Å². The van der Waals surface area contributed by atoms with Gasteiger partial charge in [0.25, 0.3) is 0 Å². The standard InChI is InChI=1S/C9H9BrFNO3/c10-4-3-5(11)8(14)9(15)7(4)6(13)1-2-12/h3,14-15H,1-2,12H2. The Morgan fingerprint density at radius 2 is 2.07 bits per heavy atom. The van der Waals surface area contributed by atoms with E-state index < -0.39 is 23.1 Å². The highest BCUT2D eigenvalue weighted by molar-refractivity contribution is 9.10. The van der Waals surface area contributed by atoms with Gasteiger partial charge >= 0.3 is 0 Å². The molecule has 0 radical (unpaired) electrons. The number of ketones is 1. The maximum Gasteiger partial charge on any atom is 0.194 e. The van der Waals surface area contributed by atoms with Gasteiger partial charge in [-0.15, -0.1) is 0 Å².